The molecule has 0 radical (unpaired) electrons. The van der Waals surface area contributed by atoms with Gasteiger partial charge in [0.2, 0.25) is 0 Å². The van der Waals surface area contributed by atoms with E-state index in [0.717, 1.165) is 32.6 Å². The highest BCUT2D eigenvalue weighted by Gasteiger charge is 2.29. The molecule has 0 amide bonds. The SMILES string of the molecule is CN(CC1CCN(Cc2ccccc2)C1)c1noc(-c2ccccc2)c1C(=O)O. The van der Waals surface area contributed by atoms with Gasteiger partial charge >= 0.3 is 5.97 Å². The summed E-state index contributed by atoms with van der Waals surface area (Å²) in [7, 11) is 1.89. The summed E-state index contributed by atoms with van der Waals surface area (Å²) in [5, 5.41) is 13.9. The van der Waals surface area contributed by atoms with Crippen molar-refractivity contribution >= 4 is 11.8 Å². The predicted molar refractivity (Wildman–Crippen MR) is 112 cm³/mol. The molecule has 1 N–H and O–H groups in total. The molecule has 2 aromatic carbocycles. The van der Waals surface area contributed by atoms with E-state index in [-0.39, 0.29) is 5.56 Å². The third kappa shape index (κ3) is 4.32. The molecule has 0 spiro atoms. The van der Waals surface area contributed by atoms with Crippen molar-refractivity contribution in [2.24, 2.45) is 5.92 Å². The molecular weight excluding hydrogens is 366 g/mol. The van der Waals surface area contributed by atoms with Crippen LogP contribution in [0.3, 0.4) is 0 Å². The van der Waals surface area contributed by atoms with Crippen LogP contribution in [0.1, 0.15) is 22.3 Å². The highest BCUT2D eigenvalue weighted by Crippen LogP contribution is 2.32. The minimum atomic E-state index is -1.02. The number of rotatable bonds is 7. The van der Waals surface area contributed by atoms with Crippen molar-refractivity contribution < 1.29 is 14.4 Å². The van der Waals surface area contributed by atoms with E-state index in [1.165, 1.54) is 5.56 Å². The van der Waals surface area contributed by atoms with Crippen molar-refractivity contribution in [1.29, 1.82) is 0 Å². The van der Waals surface area contributed by atoms with E-state index in [1.807, 2.05) is 48.3 Å². The van der Waals surface area contributed by atoms with Crippen LogP contribution in [0, 0.1) is 5.92 Å². The molecule has 1 saturated heterocycles. The zero-order chi connectivity index (χ0) is 20.2. The van der Waals surface area contributed by atoms with Crippen LogP contribution in [0.2, 0.25) is 0 Å². The quantitative estimate of drug-likeness (QED) is 0.657. The summed E-state index contributed by atoms with van der Waals surface area (Å²) in [5.74, 6) is 0.126. The summed E-state index contributed by atoms with van der Waals surface area (Å²) < 4.78 is 5.45. The normalized spacial score (nSPS) is 16.8. The summed E-state index contributed by atoms with van der Waals surface area (Å²) in [6.07, 6.45) is 1.09. The van der Waals surface area contributed by atoms with Crippen LogP contribution < -0.4 is 4.90 Å². The number of nitrogens with zero attached hydrogens (tertiary/aromatic N) is 3. The molecule has 0 saturated carbocycles. The molecular formula is C23H25N3O3. The van der Waals surface area contributed by atoms with Crippen molar-refractivity contribution in [2.75, 3.05) is 31.6 Å². The highest BCUT2D eigenvalue weighted by atomic mass is 16.5. The van der Waals surface area contributed by atoms with E-state index < -0.39 is 5.97 Å². The maximum atomic E-state index is 11.9. The van der Waals surface area contributed by atoms with Crippen LogP contribution in [-0.2, 0) is 6.54 Å². The van der Waals surface area contributed by atoms with Gasteiger partial charge in [-0.1, -0.05) is 65.8 Å². The summed E-state index contributed by atoms with van der Waals surface area (Å²) in [6.45, 7) is 3.73. The first-order valence-corrected chi connectivity index (χ1v) is 9.87. The molecule has 0 bridgehead atoms. The predicted octanol–water partition coefficient (Wildman–Crippen LogP) is 4.00. The molecule has 0 aliphatic carbocycles. The Morgan fingerprint density at radius 3 is 2.55 bits per heavy atom. The van der Waals surface area contributed by atoms with Gasteiger partial charge in [-0.15, -0.1) is 0 Å². The van der Waals surface area contributed by atoms with Gasteiger partial charge < -0.3 is 14.5 Å². The van der Waals surface area contributed by atoms with Gasteiger partial charge in [0.05, 0.1) is 0 Å². The van der Waals surface area contributed by atoms with Gasteiger partial charge in [0, 0.05) is 32.2 Å². The Morgan fingerprint density at radius 2 is 1.86 bits per heavy atom. The highest BCUT2D eigenvalue weighted by molar-refractivity contribution is 5.99. The number of likely N-dealkylation sites (tertiary alicyclic amines) is 1. The fourth-order valence-corrected chi connectivity index (χ4v) is 4.04. The average Bonchev–Trinajstić information content (AvgIpc) is 3.36. The molecule has 3 aromatic rings. The van der Waals surface area contributed by atoms with E-state index in [2.05, 4.69) is 34.3 Å². The Morgan fingerprint density at radius 1 is 1.17 bits per heavy atom. The van der Waals surface area contributed by atoms with Crippen LogP contribution in [0.5, 0.6) is 0 Å². The monoisotopic (exact) mass is 391 g/mol. The van der Waals surface area contributed by atoms with Crippen molar-refractivity contribution in [3.8, 4) is 11.3 Å². The van der Waals surface area contributed by atoms with Crippen molar-refractivity contribution in [1.82, 2.24) is 10.1 Å². The maximum absolute atomic E-state index is 11.9. The molecule has 4 rings (SSSR count). The fourth-order valence-electron chi connectivity index (χ4n) is 4.04. The Labute approximate surface area is 170 Å². The molecule has 6 heteroatoms. The molecule has 1 aliphatic heterocycles. The second-order valence-corrected chi connectivity index (χ2v) is 7.64. The zero-order valence-corrected chi connectivity index (χ0v) is 16.5. The van der Waals surface area contributed by atoms with Crippen LogP contribution in [0.15, 0.2) is 65.2 Å². The first-order chi connectivity index (χ1) is 14.1. The molecule has 1 fully saturated rings. The van der Waals surface area contributed by atoms with Gasteiger partial charge in [0.1, 0.15) is 0 Å². The van der Waals surface area contributed by atoms with Crippen LogP contribution >= 0.6 is 0 Å². The third-order valence-corrected chi connectivity index (χ3v) is 5.44. The number of aromatic nitrogens is 1. The van der Waals surface area contributed by atoms with Gasteiger partial charge in [-0.2, -0.15) is 0 Å². The first-order valence-electron chi connectivity index (χ1n) is 9.87. The van der Waals surface area contributed by atoms with Crippen LogP contribution in [-0.4, -0.2) is 47.8 Å². The number of hydrogen-bond donors (Lipinski definition) is 1. The number of aromatic carboxylic acids is 1. The van der Waals surface area contributed by atoms with Crippen LogP contribution in [0.4, 0.5) is 5.82 Å². The second-order valence-electron chi connectivity index (χ2n) is 7.64. The summed E-state index contributed by atoms with van der Waals surface area (Å²) in [4.78, 5) is 16.3. The number of benzene rings is 2. The van der Waals surface area contributed by atoms with Gasteiger partial charge in [-0.25, -0.2) is 4.79 Å². The summed E-state index contributed by atoms with van der Waals surface area (Å²) in [6, 6.07) is 19.7. The molecule has 29 heavy (non-hydrogen) atoms. The number of hydrogen-bond acceptors (Lipinski definition) is 5. The smallest absolute Gasteiger partial charge is 0.343 e. The van der Waals surface area contributed by atoms with E-state index in [1.54, 1.807) is 0 Å². The molecule has 1 unspecified atom stereocenters. The molecule has 2 heterocycles. The largest absolute Gasteiger partial charge is 0.477 e. The second kappa shape index (κ2) is 8.49. The van der Waals surface area contributed by atoms with Gasteiger partial charge in [-0.3, -0.25) is 4.90 Å². The Hall–Kier alpha value is -3.12. The Balaban J connectivity index is 1.44. The van der Waals surface area contributed by atoms with Gasteiger partial charge in [-0.05, 0) is 24.4 Å². The van der Waals surface area contributed by atoms with Crippen molar-refractivity contribution in [3.05, 3.63) is 71.8 Å². The van der Waals surface area contributed by atoms with Crippen molar-refractivity contribution in [2.45, 2.75) is 13.0 Å². The number of anilines is 1. The first kappa shape index (κ1) is 19.2. The molecule has 1 aliphatic rings. The topological polar surface area (TPSA) is 69.8 Å². The Bertz CT molecular complexity index is 956. The van der Waals surface area contributed by atoms with Gasteiger partial charge in [0.25, 0.3) is 0 Å². The molecule has 6 nitrogen and oxygen atoms in total. The standard InChI is InChI=1S/C23H25N3O3/c1-25(14-18-12-13-26(16-18)15-17-8-4-2-5-9-17)22-20(23(27)28)21(29-24-22)19-10-6-3-7-11-19/h2-11,18H,12-16H2,1H3,(H,27,28). The molecule has 1 aromatic heterocycles. The average molecular weight is 391 g/mol. The van der Waals surface area contributed by atoms with E-state index in [0.29, 0.717) is 23.1 Å². The summed E-state index contributed by atoms with van der Waals surface area (Å²) >= 11 is 0. The number of carboxylic acid groups (broad SMARTS) is 1. The maximum Gasteiger partial charge on any atom is 0.343 e. The van der Waals surface area contributed by atoms with Crippen molar-refractivity contribution in [3.63, 3.8) is 0 Å². The lowest BCUT2D eigenvalue weighted by Gasteiger charge is -2.21. The third-order valence-electron chi connectivity index (χ3n) is 5.44. The Kier molecular flexibility index (Phi) is 5.62. The zero-order valence-electron chi connectivity index (χ0n) is 16.5. The summed E-state index contributed by atoms with van der Waals surface area (Å²) in [5.41, 5.74) is 2.16. The molecule has 150 valence electrons. The van der Waals surface area contributed by atoms with E-state index in [9.17, 15) is 9.90 Å². The minimum Gasteiger partial charge on any atom is -0.477 e. The van der Waals surface area contributed by atoms with E-state index in [4.69, 9.17) is 4.52 Å². The molecule has 1 atom stereocenters. The van der Waals surface area contributed by atoms with Gasteiger partial charge in [0.15, 0.2) is 17.1 Å². The fraction of sp³-hybridized carbons (Fsp3) is 0.304. The lowest BCUT2D eigenvalue weighted by Crippen LogP contribution is -2.29. The number of carbonyl (C=O) groups is 1. The lowest BCUT2D eigenvalue weighted by molar-refractivity contribution is 0.0698. The lowest BCUT2D eigenvalue weighted by atomic mass is 10.1. The number of carboxylic acids is 1. The minimum absolute atomic E-state index is 0.123. The van der Waals surface area contributed by atoms with Crippen LogP contribution in [0.25, 0.3) is 11.3 Å². The van der Waals surface area contributed by atoms with E-state index >= 15 is 0 Å².